The maximum absolute atomic E-state index is 13.0. The quantitative estimate of drug-likeness (QED) is 0.624. The topological polar surface area (TPSA) is 101 Å². The molecule has 0 saturated heterocycles. The van der Waals surface area contributed by atoms with Crippen LogP contribution in [0.25, 0.3) is 0 Å². The van der Waals surface area contributed by atoms with E-state index in [0.29, 0.717) is 11.3 Å². The predicted octanol–water partition coefficient (Wildman–Crippen LogP) is 2.14. The van der Waals surface area contributed by atoms with Gasteiger partial charge in [-0.25, -0.2) is 22.3 Å². The van der Waals surface area contributed by atoms with E-state index in [9.17, 15) is 22.7 Å². The van der Waals surface area contributed by atoms with Crippen molar-refractivity contribution in [2.45, 2.75) is 11.4 Å². The third-order valence-electron chi connectivity index (χ3n) is 3.91. The predicted molar refractivity (Wildman–Crippen MR) is 103 cm³/mol. The summed E-state index contributed by atoms with van der Waals surface area (Å²) in [5.41, 5.74) is 0.897. The van der Waals surface area contributed by atoms with Crippen LogP contribution in [0, 0.1) is 17.7 Å². The van der Waals surface area contributed by atoms with Crippen molar-refractivity contribution in [3.63, 3.8) is 0 Å². The van der Waals surface area contributed by atoms with Gasteiger partial charge in [-0.1, -0.05) is 11.8 Å². The highest BCUT2D eigenvalue weighted by molar-refractivity contribution is 7.89. The van der Waals surface area contributed by atoms with Gasteiger partial charge >= 0.3 is 5.97 Å². The van der Waals surface area contributed by atoms with Gasteiger partial charge in [-0.3, -0.25) is 4.68 Å². The van der Waals surface area contributed by atoms with E-state index in [1.165, 1.54) is 42.5 Å². The molecule has 3 rings (SSSR count). The van der Waals surface area contributed by atoms with Crippen LogP contribution in [0.1, 0.15) is 27.2 Å². The summed E-state index contributed by atoms with van der Waals surface area (Å²) >= 11 is 0. The van der Waals surface area contributed by atoms with Crippen LogP contribution in [-0.2, 0) is 23.6 Å². The van der Waals surface area contributed by atoms with E-state index in [-0.39, 0.29) is 22.6 Å². The SMILES string of the molecule is Cn1ccc(CNS(=O)(=O)c2ccc(C(=O)O)cc2C#Cc2ccc(F)cc2)n1. The van der Waals surface area contributed by atoms with Crippen molar-refractivity contribution in [2.24, 2.45) is 7.05 Å². The molecule has 0 unspecified atom stereocenters. The Morgan fingerprint density at radius 1 is 1.17 bits per heavy atom. The molecule has 0 spiro atoms. The molecule has 0 atom stereocenters. The maximum Gasteiger partial charge on any atom is 0.335 e. The summed E-state index contributed by atoms with van der Waals surface area (Å²) in [6, 6.07) is 10.6. The van der Waals surface area contributed by atoms with Crippen LogP contribution in [0.4, 0.5) is 4.39 Å². The van der Waals surface area contributed by atoms with Crippen LogP contribution in [0.2, 0.25) is 0 Å². The third-order valence-corrected chi connectivity index (χ3v) is 5.37. The van der Waals surface area contributed by atoms with Gasteiger partial charge in [0.25, 0.3) is 0 Å². The Kier molecular flexibility index (Phi) is 5.77. The molecule has 0 aliphatic heterocycles. The van der Waals surface area contributed by atoms with Crippen LogP contribution in [-0.4, -0.2) is 29.3 Å². The Balaban J connectivity index is 1.96. The molecule has 9 heteroatoms. The van der Waals surface area contributed by atoms with Crippen molar-refractivity contribution in [1.82, 2.24) is 14.5 Å². The minimum Gasteiger partial charge on any atom is -0.478 e. The Morgan fingerprint density at radius 2 is 1.90 bits per heavy atom. The number of aromatic carboxylic acids is 1. The summed E-state index contributed by atoms with van der Waals surface area (Å²) in [6.45, 7) is -0.0330. The van der Waals surface area contributed by atoms with Gasteiger partial charge in [0.1, 0.15) is 5.82 Å². The molecule has 7 nitrogen and oxygen atoms in total. The van der Waals surface area contributed by atoms with Crippen molar-refractivity contribution in [1.29, 1.82) is 0 Å². The normalized spacial score (nSPS) is 11.0. The molecule has 0 saturated carbocycles. The third kappa shape index (κ3) is 5.07. The second-order valence-electron chi connectivity index (χ2n) is 6.08. The summed E-state index contributed by atoms with van der Waals surface area (Å²) in [4.78, 5) is 11.1. The van der Waals surface area contributed by atoms with Crippen LogP contribution in [0.15, 0.2) is 59.6 Å². The van der Waals surface area contributed by atoms with Gasteiger partial charge < -0.3 is 5.11 Å². The summed E-state index contributed by atoms with van der Waals surface area (Å²) in [5, 5.41) is 13.3. The fraction of sp³-hybridized carbons (Fsp3) is 0.100. The number of carboxylic acid groups (broad SMARTS) is 1. The minimum atomic E-state index is -3.99. The van der Waals surface area contributed by atoms with E-state index >= 15 is 0 Å². The number of nitrogens with zero attached hydrogens (tertiary/aromatic N) is 2. The van der Waals surface area contributed by atoms with Crippen LogP contribution in [0.3, 0.4) is 0 Å². The number of carboxylic acids is 1. The molecule has 2 aromatic carbocycles. The fourth-order valence-corrected chi connectivity index (χ4v) is 3.61. The summed E-state index contributed by atoms with van der Waals surface area (Å²) in [7, 11) is -2.27. The van der Waals surface area contributed by atoms with Crippen molar-refractivity contribution in [3.8, 4) is 11.8 Å². The number of hydrogen-bond acceptors (Lipinski definition) is 4. The van der Waals surface area contributed by atoms with E-state index in [2.05, 4.69) is 21.7 Å². The molecule has 0 amide bonds. The minimum absolute atomic E-state index is 0.0164. The van der Waals surface area contributed by atoms with Gasteiger partial charge in [0.05, 0.1) is 22.7 Å². The first kappa shape index (κ1) is 20.3. The first-order valence-corrected chi connectivity index (χ1v) is 9.86. The van der Waals surface area contributed by atoms with Gasteiger partial charge in [0.15, 0.2) is 0 Å². The Morgan fingerprint density at radius 3 is 2.52 bits per heavy atom. The molecule has 1 aromatic heterocycles. The smallest absolute Gasteiger partial charge is 0.335 e. The number of benzene rings is 2. The number of halogens is 1. The number of hydrogen-bond donors (Lipinski definition) is 2. The van der Waals surface area contributed by atoms with Gasteiger partial charge in [-0.15, -0.1) is 0 Å². The van der Waals surface area contributed by atoms with Crippen LogP contribution < -0.4 is 4.72 Å². The van der Waals surface area contributed by atoms with E-state index < -0.39 is 21.8 Å². The highest BCUT2D eigenvalue weighted by atomic mass is 32.2. The zero-order valence-electron chi connectivity index (χ0n) is 15.3. The average Bonchev–Trinajstić information content (AvgIpc) is 3.11. The molecule has 0 bridgehead atoms. The van der Waals surface area contributed by atoms with Crippen molar-refractivity contribution < 1.29 is 22.7 Å². The Hall–Kier alpha value is -3.48. The number of nitrogens with one attached hydrogen (secondary N) is 1. The van der Waals surface area contributed by atoms with E-state index in [1.807, 2.05) is 0 Å². The molecule has 2 N–H and O–H groups in total. The molecular weight excluding hydrogens is 397 g/mol. The molecule has 0 aliphatic rings. The first-order valence-electron chi connectivity index (χ1n) is 8.38. The van der Waals surface area contributed by atoms with Crippen molar-refractivity contribution >= 4 is 16.0 Å². The number of aromatic nitrogens is 2. The molecular formula is C20H16FN3O4S. The first-order chi connectivity index (χ1) is 13.7. The summed E-state index contributed by atoms with van der Waals surface area (Å²) in [6.07, 6.45) is 1.69. The highest BCUT2D eigenvalue weighted by Gasteiger charge is 2.20. The maximum atomic E-state index is 13.0. The lowest BCUT2D eigenvalue weighted by Crippen LogP contribution is -2.24. The average molecular weight is 413 g/mol. The number of sulfonamides is 1. The lowest BCUT2D eigenvalue weighted by atomic mass is 10.1. The van der Waals surface area contributed by atoms with Crippen LogP contribution in [0.5, 0.6) is 0 Å². The second-order valence-corrected chi connectivity index (χ2v) is 7.81. The Bertz CT molecular complexity index is 1220. The zero-order chi connectivity index (χ0) is 21.0. The van der Waals surface area contributed by atoms with E-state index in [1.54, 1.807) is 24.0 Å². The standard InChI is InChI=1S/C20H16FN3O4S/c1-24-11-10-18(23-24)13-22-29(27,28)19-9-6-16(20(25)26)12-15(19)5-2-14-3-7-17(21)8-4-14/h3-4,6-12,22H,13H2,1H3,(H,25,26). The summed E-state index contributed by atoms with van der Waals surface area (Å²) in [5.74, 6) is 3.77. The number of carbonyl (C=O) groups is 1. The lowest BCUT2D eigenvalue weighted by Gasteiger charge is -2.08. The lowest BCUT2D eigenvalue weighted by molar-refractivity contribution is 0.0696. The van der Waals surface area contributed by atoms with E-state index in [4.69, 9.17) is 0 Å². The number of aryl methyl sites for hydroxylation is 1. The second kappa shape index (κ2) is 8.26. The summed E-state index contributed by atoms with van der Waals surface area (Å²) < 4.78 is 42.5. The van der Waals surface area contributed by atoms with Crippen molar-refractivity contribution in [2.75, 3.05) is 0 Å². The molecule has 3 aromatic rings. The van der Waals surface area contributed by atoms with Gasteiger partial charge in [0.2, 0.25) is 10.0 Å². The monoisotopic (exact) mass is 413 g/mol. The van der Waals surface area contributed by atoms with E-state index in [0.717, 1.165) is 0 Å². The Labute approximate surface area is 166 Å². The highest BCUT2D eigenvalue weighted by Crippen LogP contribution is 2.18. The number of rotatable bonds is 5. The van der Waals surface area contributed by atoms with Gasteiger partial charge in [0, 0.05) is 24.4 Å². The zero-order valence-corrected chi connectivity index (χ0v) is 16.1. The largest absolute Gasteiger partial charge is 0.478 e. The molecule has 29 heavy (non-hydrogen) atoms. The molecule has 1 heterocycles. The van der Waals surface area contributed by atoms with Crippen molar-refractivity contribution in [3.05, 3.63) is 82.9 Å². The fourth-order valence-electron chi connectivity index (χ4n) is 2.47. The van der Waals surface area contributed by atoms with Gasteiger partial charge in [-0.05, 0) is 48.5 Å². The van der Waals surface area contributed by atoms with Crippen LogP contribution >= 0.6 is 0 Å². The van der Waals surface area contributed by atoms with Gasteiger partial charge in [-0.2, -0.15) is 5.10 Å². The molecule has 0 radical (unpaired) electrons. The molecule has 0 aliphatic carbocycles. The molecule has 0 fully saturated rings. The molecule has 148 valence electrons.